The zero-order valence-corrected chi connectivity index (χ0v) is 14.9. The van der Waals surface area contributed by atoms with Crippen molar-refractivity contribution >= 4 is 0 Å². The summed E-state index contributed by atoms with van der Waals surface area (Å²) in [6, 6.07) is 11.3. The Labute approximate surface area is 149 Å². The second-order valence-corrected chi connectivity index (χ2v) is 7.44. The van der Waals surface area contributed by atoms with Crippen LogP contribution in [0.5, 0.6) is 5.75 Å². The van der Waals surface area contributed by atoms with Crippen LogP contribution in [0.1, 0.15) is 30.4 Å². The Hall–Kier alpha value is -1.87. The molecule has 1 unspecified atom stereocenters. The zero-order valence-electron chi connectivity index (χ0n) is 14.9. The summed E-state index contributed by atoms with van der Waals surface area (Å²) in [7, 11) is 1.64. The summed E-state index contributed by atoms with van der Waals surface area (Å²) < 4.78 is 19.1. The van der Waals surface area contributed by atoms with Gasteiger partial charge in [0.15, 0.2) is 0 Å². The number of methoxy groups -OCH3 is 1. The van der Waals surface area contributed by atoms with E-state index in [1.807, 2.05) is 0 Å². The van der Waals surface area contributed by atoms with Crippen molar-refractivity contribution in [1.29, 1.82) is 0 Å². The number of ether oxygens (including phenoxy) is 1. The third-order valence-corrected chi connectivity index (χ3v) is 5.72. The fourth-order valence-corrected chi connectivity index (χ4v) is 4.39. The van der Waals surface area contributed by atoms with Crippen LogP contribution in [0.2, 0.25) is 0 Å². The predicted octanol–water partition coefficient (Wildman–Crippen LogP) is 4.70. The number of rotatable bonds is 4. The largest absolute Gasteiger partial charge is 0.496 e. The van der Waals surface area contributed by atoms with E-state index in [-0.39, 0.29) is 5.82 Å². The standard InChI is InChI=1S/C22H26FNO/c1-25-22-9-8-20(23)14-21(22)19-7-6-17-12-16(4-5-18(17)13-19)15-24-10-2-3-11-24/h6-9,13-14,16H,2-5,10-12,15H2,1H3. The summed E-state index contributed by atoms with van der Waals surface area (Å²) in [5.74, 6) is 1.28. The number of fused-ring (bicyclic) bond motifs is 1. The molecule has 1 aliphatic carbocycles. The summed E-state index contributed by atoms with van der Waals surface area (Å²) in [4.78, 5) is 2.63. The summed E-state index contributed by atoms with van der Waals surface area (Å²) in [6.45, 7) is 3.81. The first kappa shape index (κ1) is 16.6. The number of likely N-dealkylation sites (tertiary alicyclic amines) is 1. The molecule has 2 aromatic rings. The van der Waals surface area contributed by atoms with Crippen molar-refractivity contribution in [1.82, 2.24) is 4.90 Å². The molecule has 132 valence electrons. The van der Waals surface area contributed by atoms with E-state index in [4.69, 9.17) is 4.74 Å². The molecule has 2 nitrogen and oxygen atoms in total. The number of benzene rings is 2. The highest BCUT2D eigenvalue weighted by Crippen LogP contribution is 2.35. The molecular weight excluding hydrogens is 313 g/mol. The number of nitrogens with zero attached hydrogens (tertiary/aromatic N) is 1. The van der Waals surface area contributed by atoms with Crippen molar-refractivity contribution < 1.29 is 9.13 Å². The lowest BCUT2D eigenvalue weighted by molar-refractivity contribution is 0.262. The molecule has 0 bridgehead atoms. The maximum Gasteiger partial charge on any atom is 0.126 e. The van der Waals surface area contributed by atoms with Crippen molar-refractivity contribution in [2.75, 3.05) is 26.7 Å². The first-order chi connectivity index (χ1) is 12.2. The third-order valence-electron chi connectivity index (χ3n) is 5.72. The summed E-state index contributed by atoms with van der Waals surface area (Å²) in [5, 5.41) is 0. The minimum absolute atomic E-state index is 0.223. The SMILES string of the molecule is COc1ccc(F)cc1-c1ccc2c(c1)CCC(CN1CCCC1)C2. The van der Waals surface area contributed by atoms with Crippen molar-refractivity contribution in [3.8, 4) is 16.9 Å². The molecule has 0 amide bonds. The molecule has 2 aromatic carbocycles. The second-order valence-electron chi connectivity index (χ2n) is 7.44. The van der Waals surface area contributed by atoms with Gasteiger partial charge in [0.05, 0.1) is 7.11 Å². The highest BCUT2D eigenvalue weighted by Gasteiger charge is 2.23. The average Bonchev–Trinajstić information content (AvgIpc) is 3.14. The Morgan fingerprint density at radius 3 is 2.72 bits per heavy atom. The van der Waals surface area contributed by atoms with Crippen molar-refractivity contribution in [3.63, 3.8) is 0 Å². The zero-order chi connectivity index (χ0) is 17.2. The molecule has 1 fully saturated rings. The lowest BCUT2D eigenvalue weighted by Gasteiger charge is -2.28. The van der Waals surface area contributed by atoms with Crippen molar-refractivity contribution in [3.05, 3.63) is 53.3 Å². The number of hydrogen-bond acceptors (Lipinski definition) is 2. The molecule has 0 spiro atoms. The molecule has 3 heteroatoms. The van der Waals surface area contributed by atoms with Crippen LogP contribution in [-0.4, -0.2) is 31.6 Å². The Morgan fingerprint density at radius 2 is 1.92 bits per heavy atom. The highest BCUT2D eigenvalue weighted by atomic mass is 19.1. The van der Waals surface area contributed by atoms with Gasteiger partial charge in [0.25, 0.3) is 0 Å². The van der Waals surface area contributed by atoms with Crippen LogP contribution in [0.3, 0.4) is 0 Å². The van der Waals surface area contributed by atoms with Crippen LogP contribution >= 0.6 is 0 Å². The van der Waals surface area contributed by atoms with Crippen LogP contribution in [0, 0.1) is 11.7 Å². The lowest BCUT2D eigenvalue weighted by atomic mass is 9.82. The van der Waals surface area contributed by atoms with Gasteiger partial charge in [0.2, 0.25) is 0 Å². The molecule has 4 rings (SSSR count). The van der Waals surface area contributed by atoms with Crippen molar-refractivity contribution in [2.45, 2.75) is 32.1 Å². The van der Waals surface area contributed by atoms with Gasteiger partial charge in [0.1, 0.15) is 11.6 Å². The van der Waals surface area contributed by atoms with Crippen LogP contribution in [0.25, 0.3) is 11.1 Å². The number of aryl methyl sites for hydroxylation is 1. The van der Waals surface area contributed by atoms with Crippen LogP contribution in [0.15, 0.2) is 36.4 Å². The first-order valence-corrected chi connectivity index (χ1v) is 9.41. The van der Waals surface area contributed by atoms with Gasteiger partial charge in [0, 0.05) is 12.1 Å². The molecule has 0 N–H and O–H groups in total. The fraction of sp³-hybridized carbons (Fsp3) is 0.455. The van der Waals surface area contributed by atoms with Gasteiger partial charge in [-0.25, -0.2) is 4.39 Å². The van der Waals surface area contributed by atoms with E-state index < -0.39 is 0 Å². The molecule has 0 saturated carbocycles. The first-order valence-electron chi connectivity index (χ1n) is 9.41. The summed E-state index contributed by atoms with van der Waals surface area (Å²) in [5.41, 5.74) is 4.77. The second kappa shape index (κ2) is 7.17. The predicted molar refractivity (Wildman–Crippen MR) is 99.6 cm³/mol. The molecule has 1 atom stereocenters. The summed E-state index contributed by atoms with van der Waals surface area (Å²) in [6.07, 6.45) is 6.28. The monoisotopic (exact) mass is 339 g/mol. The minimum atomic E-state index is -0.223. The van der Waals surface area contributed by atoms with E-state index in [1.54, 1.807) is 19.2 Å². The maximum atomic E-state index is 13.7. The van der Waals surface area contributed by atoms with Crippen LogP contribution in [-0.2, 0) is 12.8 Å². The quantitative estimate of drug-likeness (QED) is 0.800. The molecule has 0 radical (unpaired) electrons. The van der Waals surface area contributed by atoms with E-state index in [0.29, 0.717) is 0 Å². The van der Waals surface area contributed by atoms with Crippen LogP contribution in [0.4, 0.5) is 4.39 Å². The van der Waals surface area contributed by atoms with Gasteiger partial charge in [-0.2, -0.15) is 0 Å². The average molecular weight is 339 g/mol. The van der Waals surface area contributed by atoms with Gasteiger partial charge >= 0.3 is 0 Å². The molecule has 1 saturated heterocycles. The Morgan fingerprint density at radius 1 is 1.08 bits per heavy atom. The number of halogens is 1. The van der Waals surface area contributed by atoms with E-state index in [9.17, 15) is 4.39 Å². The maximum absolute atomic E-state index is 13.7. The molecule has 0 aromatic heterocycles. The van der Waals surface area contributed by atoms with Gasteiger partial charge in [-0.3, -0.25) is 0 Å². The van der Waals surface area contributed by atoms with Crippen LogP contribution < -0.4 is 4.74 Å². The molecule has 2 aliphatic rings. The van der Waals surface area contributed by atoms with E-state index in [0.717, 1.165) is 29.2 Å². The van der Waals surface area contributed by atoms with Gasteiger partial charge in [-0.05, 0) is 86.0 Å². The highest BCUT2D eigenvalue weighted by molar-refractivity contribution is 5.71. The fourth-order valence-electron chi connectivity index (χ4n) is 4.39. The van der Waals surface area contributed by atoms with E-state index >= 15 is 0 Å². The van der Waals surface area contributed by atoms with Gasteiger partial charge in [-0.15, -0.1) is 0 Å². The van der Waals surface area contributed by atoms with E-state index in [2.05, 4.69) is 23.1 Å². The topological polar surface area (TPSA) is 12.5 Å². The normalized spacial score (nSPS) is 20.5. The summed E-state index contributed by atoms with van der Waals surface area (Å²) >= 11 is 0. The van der Waals surface area contributed by atoms with Crippen molar-refractivity contribution in [2.24, 2.45) is 5.92 Å². The third kappa shape index (κ3) is 3.57. The molecular formula is C22H26FNO. The van der Waals surface area contributed by atoms with Gasteiger partial charge in [-0.1, -0.05) is 18.2 Å². The Kier molecular flexibility index (Phi) is 4.76. The number of hydrogen-bond donors (Lipinski definition) is 0. The molecule has 1 aliphatic heterocycles. The smallest absolute Gasteiger partial charge is 0.126 e. The minimum Gasteiger partial charge on any atom is -0.496 e. The van der Waals surface area contributed by atoms with Gasteiger partial charge < -0.3 is 9.64 Å². The molecule has 25 heavy (non-hydrogen) atoms. The lowest BCUT2D eigenvalue weighted by Crippen LogP contribution is -2.30. The molecule has 1 heterocycles. The Balaban J connectivity index is 1.54. The van der Waals surface area contributed by atoms with E-state index in [1.165, 1.54) is 62.5 Å². The Bertz CT molecular complexity index is 752.